The fourth-order valence-corrected chi connectivity index (χ4v) is 8.76. The van der Waals surface area contributed by atoms with Gasteiger partial charge in [-0.3, -0.25) is 28.9 Å². The summed E-state index contributed by atoms with van der Waals surface area (Å²) < 4.78 is 5.92. The molecule has 60 heavy (non-hydrogen) atoms. The van der Waals surface area contributed by atoms with Crippen LogP contribution in [0.3, 0.4) is 0 Å². The average molecular weight is 857 g/mol. The number of carbonyl (C=O) groups excluding carboxylic acids is 4. The summed E-state index contributed by atoms with van der Waals surface area (Å²) in [5, 5.41) is 31.4. The van der Waals surface area contributed by atoms with Crippen LogP contribution in [0, 0.1) is 17.3 Å². The number of hydrogen-bond donors (Lipinski definition) is 5. The lowest BCUT2D eigenvalue weighted by molar-refractivity contribution is -0.150. The number of ether oxygens (including phenoxy) is 1. The summed E-state index contributed by atoms with van der Waals surface area (Å²) in [6.45, 7) is 16.0. The Labute approximate surface area is 361 Å². The number of carbonyl (C=O) groups is 5. The molecule has 0 saturated carbocycles. The number of likely N-dealkylation sites (N-methyl/N-ethyl adjacent to an activating group) is 1. The quantitative estimate of drug-likeness (QED) is 0.0409. The van der Waals surface area contributed by atoms with Gasteiger partial charge in [-0.25, -0.2) is 4.98 Å². The van der Waals surface area contributed by atoms with Crippen LogP contribution in [0.25, 0.3) is 0 Å². The van der Waals surface area contributed by atoms with E-state index in [1.807, 2.05) is 39.6 Å². The first kappa shape index (κ1) is 50.1. The molecule has 1 aliphatic rings. The molecule has 15 heteroatoms. The number of phenols is 1. The number of esters is 1. The molecule has 3 amide bonds. The van der Waals surface area contributed by atoms with Crippen LogP contribution in [0.1, 0.15) is 147 Å². The van der Waals surface area contributed by atoms with Crippen LogP contribution in [-0.2, 0) is 30.3 Å². The summed E-state index contributed by atoms with van der Waals surface area (Å²) in [5.41, 5.74) is 0.153. The number of thiazole rings is 1. The first-order valence-corrected chi connectivity index (χ1v) is 22.7. The number of rotatable bonds is 24. The van der Waals surface area contributed by atoms with Crippen molar-refractivity contribution < 1.29 is 38.9 Å². The molecule has 336 valence electrons. The third kappa shape index (κ3) is 14.5. The molecule has 1 aromatic carbocycles. The van der Waals surface area contributed by atoms with Crippen LogP contribution in [-0.4, -0.2) is 106 Å². The second-order valence-electron chi connectivity index (χ2n) is 17.5. The van der Waals surface area contributed by atoms with Crippen molar-refractivity contribution in [2.45, 2.75) is 156 Å². The van der Waals surface area contributed by atoms with Gasteiger partial charge in [-0.15, -0.1) is 11.3 Å². The number of likely N-dealkylation sites (tertiary alicyclic amines) is 1. The predicted octanol–water partition coefficient (Wildman–Crippen LogP) is 7.18. The van der Waals surface area contributed by atoms with E-state index in [0.29, 0.717) is 29.2 Å². The van der Waals surface area contributed by atoms with Crippen molar-refractivity contribution in [3.8, 4) is 5.75 Å². The normalized spacial score (nSPS) is 17.2. The number of carboxylic acids is 1. The number of benzene rings is 1. The number of aromatic hydroxyl groups is 1. The van der Waals surface area contributed by atoms with Gasteiger partial charge in [-0.2, -0.15) is 0 Å². The molecule has 1 fully saturated rings. The van der Waals surface area contributed by atoms with Crippen LogP contribution in [0.5, 0.6) is 5.75 Å². The van der Waals surface area contributed by atoms with Crippen molar-refractivity contribution >= 4 is 46.7 Å². The highest BCUT2D eigenvalue weighted by molar-refractivity contribution is 7.09. The lowest BCUT2D eigenvalue weighted by Crippen LogP contribution is -2.59. The van der Waals surface area contributed by atoms with E-state index in [0.717, 1.165) is 51.5 Å². The minimum Gasteiger partial charge on any atom is -0.506 e. The number of unbranched alkanes of at least 4 members (excludes halogenated alkanes) is 3. The largest absolute Gasteiger partial charge is 0.506 e. The molecular weight excluding hydrogens is 785 g/mol. The maximum Gasteiger partial charge on any atom is 0.309 e. The van der Waals surface area contributed by atoms with Gasteiger partial charge in [0.1, 0.15) is 22.5 Å². The smallest absolute Gasteiger partial charge is 0.309 e. The van der Waals surface area contributed by atoms with Crippen LogP contribution in [0.2, 0.25) is 0 Å². The van der Waals surface area contributed by atoms with Crippen molar-refractivity contribution in [1.29, 1.82) is 0 Å². The molecule has 1 aromatic heterocycles. The number of phenolic OH excluding ortho intramolecular Hbond substituents is 1. The summed E-state index contributed by atoms with van der Waals surface area (Å²) in [6.07, 6.45) is 6.88. The first-order valence-electron chi connectivity index (χ1n) is 21.8. The van der Waals surface area contributed by atoms with E-state index in [1.54, 1.807) is 44.5 Å². The van der Waals surface area contributed by atoms with Gasteiger partial charge >= 0.3 is 11.9 Å². The second kappa shape index (κ2) is 23.7. The minimum absolute atomic E-state index is 0.0339. The number of carboxylic acid groups (broad SMARTS) is 1. The average Bonchev–Trinajstić information content (AvgIpc) is 3.69. The summed E-state index contributed by atoms with van der Waals surface area (Å²) >= 11 is 1.17. The number of aliphatic carboxylic acids is 1. The number of piperidine rings is 1. The first-order chi connectivity index (χ1) is 28.3. The van der Waals surface area contributed by atoms with Gasteiger partial charge in [0.15, 0.2) is 6.10 Å². The SMILES string of the molecule is CCCCCCN(C(=O)[C@@H](NC(=O)[C@H]1CCCCN1C)[C@@H](C)CC)[C@H](C[C@@H](OC(C)=O)c1nc(C(=O)NC(Cc2ccc(NC)c(O)c2)CC(C)(C)C(=O)O)cs1)C(C)C. The number of amides is 3. The van der Waals surface area contributed by atoms with Crippen molar-refractivity contribution in [2.75, 3.05) is 32.5 Å². The molecule has 1 aliphatic heterocycles. The number of aromatic nitrogens is 1. The zero-order valence-electron chi connectivity index (χ0n) is 37.6. The van der Waals surface area contributed by atoms with Gasteiger partial charge in [0.25, 0.3) is 5.91 Å². The molecule has 5 N–H and O–H groups in total. The monoisotopic (exact) mass is 857 g/mol. The molecule has 1 saturated heterocycles. The lowest BCUT2D eigenvalue weighted by Gasteiger charge is -2.40. The maximum atomic E-state index is 14.9. The highest BCUT2D eigenvalue weighted by atomic mass is 32.1. The maximum absolute atomic E-state index is 14.9. The molecule has 3 rings (SSSR count). The summed E-state index contributed by atoms with van der Waals surface area (Å²) in [7, 11) is 3.65. The highest BCUT2D eigenvalue weighted by Crippen LogP contribution is 2.33. The zero-order chi connectivity index (χ0) is 44.7. The fraction of sp³-hybridized carbons (Fsp3) is 0.689. The van der Waals surface area contributed by atoms with E-state index in [2.05, 4.69) is 32.8 Å². The third-order valence-electron chi connectivity index (χ3n) is 11.8. The second-order valence-corrected chi connectivity index (χ2v) is 18.4. The Morgan fingerprint density at radius 1 is 1.07 bits per heavy atom. The van der Waals surface area contributed by atoms with Gasteiger partial charge in [-0.1, -0.05) is 72.8 Å². The van der Waals surface area contributed by atoms with E-state index in [1.165, 1.54) is 18.3 Å². The number of nitrogens with one attached hydrogen (secondary N) is 3. The molecule has 0 spiro atoms. The number of hydrogen-bond acceptors (Lipinski definition) is 11. The topological polar surface area (TPSA) is 190 Å². The van der Waals surface area contributed by atoms with Crippen molar-refractivity contribution in [2.24, 2.45) is 17.3 Å². The Balaban J connectivity index is 1.95. The van der Waals surface area contributed by atoms with E-state index in [9.17, 15) is 34.2 Å². The Bertz CT molecular complexity index is 1730. The van der Waals surface area contributed by atoms with Crippen molar-refractivity contribution in [1.82, 2.24) is 25.4 Å². The summed E-state index contributed by atoms with van der Waals surface area (Å²) in [6, 6.07) is 3.04. The molecule has 14 nitrogen and oxygen atoms in total. The lowest BCUT2D eigenvalue weighted by atomic mass is 9.84. The molecule has 0 bridgehead atoms. The molecule has 2 heterocycles. The Morgan fingerprint density at radius 2 is 1.78 bits per heavy atom. The summed E-state index contributed by atoms with van der Waals surface area (Å²) in [4.78, 5) is 75.9. The van der Waals surface area contributed by atoms with Gasteiger partial charge in [0.2, 0.25) is 11.8 Å². The molecule has 6 atom stereocenters. The van der Waals surface area contributed by atoms with E-state index in [4.69, 9.17) is 4.74 Å². The van der Waals surface area contributed by atoms with E-state index >= 15 is 0 Å². The Morgan fingerprint density at radius 3 is 2.37 bits per heavy atom. The molecule has 2 aromatic rings. The Hall–Kier alpha value is -4.24. The fourth-order valence-electron chi connectivity index (χ4n) is 7.92. The van der Waals surface area contributed by atoms with Gasteiger partial charge in [-0.05, 0) is 89.1 Å². The highest BCUT2D eigenvalue weighted by Gasteiger charge is 2.39. The van der Waals surface area contributed by atoms with Crippen LogP contribution >= 0.6 is 11.3 Å². The van der Waals surface area contributed by atoms with Crippen LogP contribution < -0.4 is 16.0 Å². The van der Waals surface area contributed by atoms with E-state index < -0.39 is 47.5 Å². The van der Waals surface area contributed by atoms with Crippen LogP contribution in [0.4, 0.5) is 5.69 Å². The predicted molar refractivity (Wildman–Crippen MR) is 236 cm³/mol. The Kier molecular flexibility index (Phi) is 19.8. The minimum atomic E-state index is -1.17. The molecule has 0 radical (unpaired) electrons. The van der Waals surface area contributed by atoms with Gasteiger partial charge < -0.3 is 35.8 Å². The summed E-state index contributed by atoms with van der Waals surface area (Å²) in [5.74, 6) is -2.52. The van der Waals surface area contributed by atoms with E-state index in [-0.39, 0.29) is 60.4 Å². The number of anilines is 1. The molecule has 1 unspecified atom stereocenters. The van der Waals surface area contributed by atoms with Crippen LogP contribution in [0.15, 0.2) is 23.6 Å². The zero-order valence-corrected chi connectivity index (χ0v) is 38.5. The van der Waals surface area contributed by atoms with Crippen molar-refractivity contribution in [3.63, 3.8) is 0 Å². The standard InChI is InChI=1S/C45H72N6O8S/c1-11-13-14-16-22-51(43(56)39(29(5)12-2)49-41(55)35-18-15-17-21-50(35)10)36(28(3)4)25-38(59-30(6)52)42-48-34(27-60-42)40(54)47-32(26-45(7,8)44(57)58)23-31-19-20-33(46-9)37(53)24-31/h19-20,24,27-29,32,35-36,38-39,46,53H,11-18,21-23,25-26H2,1-10H3,(H,47,54)(H,49,55)(H,57,58)/t29-,32?,35+,36+,38+,39-/m0/s1. The molecule has 0 aliphatic carbocycles. The van der Waals surface area contributed by atoms with Crippen molar-refractivity contribution in [3.05, 3.63) is 39.8 Å². The molecular formula is C45H72N6O8S. The van der Waals surface area contributed by atoms with Gasteiger partial charge in [0.05, 0.1) is 17.1 Å². The van der Waals surface area contributed by atoms with Gasteiger partial charge in [0, 0.05) is 44.4 Å². The third-order valence-corrected chi connectivity index (χ3v) is 12.8. The number of nitrogens with zero attached hydrogens (tertiary/aromatic N) is 3.